The van der Waals surface area contributed by atoms with Gasteiger partial charge in [0.05, 0.1) is 5.69 Å². The van der Waals surface area contributed by atoms with Crippen molar-refractivity contribution in [1.29, 1.82) is 0 Å². The lowest BCUT2D eigenvalue weighted by atomic mass is 10.0. The van der Waals surface area contributed by atoms with E-state index in [1.807, 2.05) is 40.8 Å². The van der Waals surface area contributed by atoms with Crippen LogP contribution in [0.25, 0.3) is 5.52 Å². The van der Waals surface area contributed by atoms with E-state index in [-0.39, 0.29) is 17.6 Å². The number of fused-ring (bicyclic) bond motifs is 1. The largest absolute Gasteiger partial charge is 0.444 e. The Kier molecular flexibility index (Phi) is 5.01. The van der Waals surface area contributed by atoms with Crippen molar-refractivity contribution < 1.29 is 9.53 Å². The van der Waals surface area contributed by atoms with E-state index in [4.69, 9.17) is 4.74 Å². The number of likely N-dealkylation sites (N-methyl/N-ethyl adjacent to an activating group) is 1. The van der Waals surface area contributed by atoms with Crippen LogP contribution in [-0.2, 0) is 4.74 Å². The zero-order chi connectivity index (χ0) is 18.1. The van der Waals surface area contributed by atoms with Gasteiger partial charge in [-0.1, -0.05) is 6.92 Å². The van der Waals surface area contributed by atoms with Crippen LogP contribution in [0.5, 0.6) is 0 Å². The van der Waals surface area contributed by atoms with Crippen LogP contribution in [0.1, 0.15) is 51.4 Å². The Balaban J connectivity index is 2.22. The molecule has 2 aromatic heterocycles. The van der Waals surface area contributed by atoms with Gasteiger partial charge in [-0.05, 0) is 40.2 Å². The number of nitrogens with one attached hydrogen (secondary N) is 1. The number of aromatic nitrogens is 3. The molecule has 7 heteroatoms. The fourth-order valence-electron chi connectivity index (χ4n) is 2.54. The molecule has 7 nitrogen and oxygen atoms in total. The average molecular weight is 334 g/mol. The number of rotatable bonds is 4. The molecule has 0 aliphatic heterocycles. The Bertz CT molecular complexity index is 785. The van der Waals surface area contributed by atoms with Gasteiger partial charge in [0.15, 0.2) is 0 Å². The molecule has 0 saturated carbocycles. The molecule has 0 aliphatic rings. The van der Waals surface area contributed by atoms with Gasteiger partial charge >= 0.3 is 6.09 Å². The number of carbonyl (C=O) groups is 1. The van der Waals surface area contributed by atoms with E-state index in [2.05, 4.69) is 10.1 Å². The smallest absolute Gasteiger partial charge is 0.410 e. The second-order valence-corrected chi connectivity index (χ2v) is 7.12. The summed E-state index contributed by atoms with van der Waals surface area (Å²) in [5.74, 6) is -0.0101. The molecule has 0 fully saturated rings. The lowest BCUT2D eigenvalue weighted by molar-refractivity contribution is 0.0287. The number of nitrogens with zero attached hydrogens (tertiary/aromatic N) is 3. The highest BCUT2D eigenvalue weighted by atomic mass is 16.6. The van der Waals surface area contributed by atoms with Crippen LogP contribution in [-0.4, -0.2) is 44.8 Å². The molecule has 1 N–H and O–H groups in total. The number of aromatic amines is 1. The van der Waals surface area contributed by atoms with Crippen LogP contribution in [0, 0.1) is 6.92 Å². The number of hydrogen-bond acceptors (Lipinski definition) is 4. The first-order valence-corrected chi connectivity index (χ1v) is 8.14. The first-order chi connectivity index (χ1) is 11.1. The van der Waals surface area contributed by atoms with Crippen molar-refractivity contribution >= 4 is 11.6 Å². The Labute approximate surface area is 141 Å². The standard InChI is InChI=1S/C17H26N4O3/c1-7-12(9-20(6)16(23)24-17(3,4)5)13-10-21-14(15(22)18-13)8-11(2)19-21/h8,10,12H,7,9H2,1-6H3,(H,18,22). The highest BCUT2D eigenvalue weighted by Crippen LogP contribution is 2.19. The molecule has 1 unspecified atom stereocenters. The number of amides is 1. The molecule has 2 aromatic rings. The molecular formula is C17H26N4O3. The summed E-state index contributed by atoms with van der Waals surface area (Å²) in [6.45, 7) is 9.82. The highest BCUT2D eigenvalue weighted by Gasteiger charge is 2.23. The number of aryl methyl sites for hydroxylation is 1. The van der Waals surface area contributed by atoms with Crippen LogP contribution in [0.15, 0.2) is 17.1 Å². The molecular weight excluding hydrogens is 308 g/mol. The molecule has 1 amide bonds. The third kappa shape index (κ3) is 4.15. The van der Waals surface area contributed by atoms with E-state index in [0.29, 0.717) is 12.1 Å². The van der Waals surface area contributed by atoms with Crippen LogP contribution < -0.4 is 5.56 Å². The molecule has 0 aliphatic carbocycles. The third-order valence-electron chi connectivity index (χ3n) is 3.74. The molecule has 0 saturated heterocycles. The van der Waals surface area contributed by atoms with E-state index in [1.165, 1.54) is 4.90 Å². The Morgan fingerprint density at radius 2 is 2.12 bits per heavy atom. The van der Waals surface area contributed by atoms with Gasteiger partial charge in [-0.3, -0.25) is 4.79 Å². The summed E-state index contributed by atoms with van der Waals surface area (Å²) in [5, 5.41) is 4.31. The molecule has 132 valence electrons. The van der Waals surface area contributed by atoms with Crippen molar-refractivity contribution in [2.45, 2.75) is 52.6 Å². The van der Waals surface area contributed by atoms with E-state index >= 15 is 0 Å². The van der Waals surface area contributed by atoms with Crippen molar-refractivity contribution in [3.8, 4) is 0 Å². The first kappa shape index (κ1) is 18.0. The fraction of sp³-hybridized carbons (Fsp3) is 0.588. The van der Waals surface area contributed by atoms with Gasteiger partial charge in [0.25, 0.3) is 5.56 Å². The molecule has 0 aromatic carbocycles. The van der Waals surface area contributed by atoms with Gasteiger partial charge in [-0.25, -0.2) is 9.31 Å². The van der Waals surface area contributed by atoms with E-state index in [1.54, 1.807) is 17.6 Å². The van der Waals surface area contributed by atoms with Crippen molar-refractivity contribution in [2.24, 2.45) is 0 Å². The zero-order valence-electron chi connectivity index (χ0n) is 15.2. The maximum atomic E-state index is 12.2. The lowest BCUT2D eigenvalue weighted by Gasteiger charge is -2.27. The van der Waals surface area contributed by atoms with E-state index in [0.717, 1.165) is 17.8 Å². The normalized spacial score (nSPS) is 13.1. The molecule has 0 radical (unpaired) electrons. The van der Waals surface area contributed by atoms with Gasteiger partial charge < -0.3 is 14.6 Å². The monoisotopic (exact) mass is 334 g/mol. The maximum absolute atomic E-state index is 12.2. The van der Waals surface area contributed by atoms with Gasteiger partial charge in [0.1, 0.15) is 11.1 Å². The number of carbonyl (C=O) groups excluding carboxylic acids is 1. The maximum Gasteiger partial charge on any atom is 0.410 e. The molecule has 2 heterocycles. The van der Waals surface area contributed by atoms with Crippen molar-refractivity contribution in [3.05, 3.63) is 34.0 Å². The molecule has 24 heavy (non-hydrogen) atoms. The van der Waals surface area contributed by atoms with Crippen molar-refractivity contribution in [3.63, 3.8) is 0 Å². The molecule has 2 rings (SSSR count). The van der Waals surface area contributed by atoms with Crippen molar-refractivity contribution in [2.75, 3.05) is 13.6 Å². The van der Waals surface area contributed by atoms with E-state index < -0.39 is 5.60 Å². The second kappa shape index (κ2) is 6.67. The van der Waals surface area contributed by atoms with Crippen LogP contribution in [0.4, 0.5) is 4.79 Å². The van der Waals surface area contributed by atoms with Gasteiger partial charge in [-0.2, -0.15) is 5.10 Å². The van der Waals surface area contributed by atoms with Crippen molar-refractivity contribution in [1.82, 2.24) is 19.5 Å². The summed E-state index contributed by atoms with van der Waals surface area (Å²) in [4.78, 5) is 28.8. The Morgan fingerprint density at radius 3 is 2.71 bits per heavy atom. The summed E-state index contributed by atoms with van der Waals surface area (Å²) >= 11 is 0. The summed E-state index contributed by atoms with van der Waals surface area (Å²) < 4.78 is 6.97. The third-order valence-corrected chi connectivity index (χ3v) is 3.74. The SMILES string of the molecule is CCC(CN(C)C(=O)OC(C)(C)C)c1cn2nc(C)cc2c(=O)[nH]1. The minimum atomic E-state index is -0.535. The molecule has 1 atom stereocenters. The summed E-state index contributed by atoms with van der Waals surface area (Å²) in [5.41, 5.74) is 1.36. The molecule has 0 spiro atoms. The fourth-order valence-corrected chi connectivity index (χ4v) is 2.54. The van der Waals surface area contributed by atoms with Gasteiger partial charge in [0.2, 0.25) is 0 Å². The first-order valence-electron chi connectivity index (χ1n) is 8.14. The topological polar surface area (TPSA) is 79.7 Å². The average Bonchev–Trinajstić information content (AvgIpc) is 2.83. The number of hydrogen-bond donors (Lipinski definition) is 1. The van der Waals surface area contributed by atoms with E-state index in [9.17, 15) is 9.59 Å². The lowest BCUT2D eigenvalue weighted by Crippen LogP contribution is -2.36. The van der Waals surface area contributed by atoms with Gasteiger partial charge in [-0.15, -0.1) is 0 Å². The highest BCUT2D eigenvalue weighted by molar-refractivity contribution is 5.67. The summed E-state index contributed by atoms with van der Waals surface area (Å²) in [6.07, 6.45) is 2.22. The Hall–Kier alpha value is -2.31. The molecule has 0 bridgehead atoms. The predicted octanol–water partition coefficient (Wildman–Crippen LogP) is 2.69. The second-order valence-electron chi connectivity index (χ2n) is 7.12. The predicted molar refractivity (Wildman–Crippen MR) is 92.4 cm³/mol. The minimum Gasteiger partial charge on any atom is -0.444 e. The summed E-state index contributed by atoms with van der Waals surface area (Å²) in [7, 11) is 1.70. The number of ether oxygens (including phenoxy) is 1. The van der Waals surface area contributed by atoms with Crippen LogP contribution in [0.2, 0.25) is 0 Å². The minimum absolute atomic E-state index is 0.0101. The zero-order valence-corrected chi connectivity index (χ0v) is 15.2. The number of H-pyrrole nitrogens is 1. The van der Waals surface area contributed by atoms with Crippen LogP contribution >= 0.6 is 0 Å². The quantitative estimate of drug-likeness (QED) is 0.932. The van der Waals surface area contributed by atoms with Gasteiger partial charge in [0, 0.05) is 31.4 Å². The Morgan fingerprint density at radius 1 is 1.46 bits per heavy atom. The summed E-state index contributed by atoms with van der Waals surface area (Å²) in [6, 6.07) is 1.75. The van der Waals surface area contributed by atoms with Crippen LogP contribution in [0.3, 0.4) is 0 Å².